The maximum absolute atomic E-state index is 12.2. The molecule has 124 valence electrons. The predicted molar refractivity (Wildman–Crippen MR) is 86.3 cm³/mol. The van der Waals surface area contributed by atoms with Crippen molar-refractivity contribution in [1.29, 1.82) is 0 Å². The second kappa shape index (κ2) is 5.94. The third-order valence-corrected chi connectivity index (χ3v) is 6.47. The number of imidazole rings is 1. The van der Waals surface area contributed by atoms with E-state index in [-0.39, 0.29) is 17.8 Å². The Morgan fingerprint density at radius 3 is 2.45 bits per heavy atom. The van der Waals surface area contributed by atoms with E-state index in [0.29, 0.717) is 11.7 Å². The van der Waals surface area contributed by atoms with Crippen molar-refractivity contribution < 1.29 is 8.42 Å². The van der Waals surface area contributed by atoms with Crippen LogP contribution in [0.5, 0.6) is 0 Å². The molecule has 2 saturated heterocycles. The van der Waals surface area contributed by atoms with E-state index in [1.165, 1.54) is 0 Å². The first kappa shape index (κ1) is 16.0. The molecule has 6 nitrogen and oxygen atoms in total. The van der Waals surface area contributed by atoms with E-state index in [4.69, 9.17) is 0 Å². The SMILES string of the molecule is CC(C)CN1CCN(Cc2nccn2C)[C@H]2CS(=O)(=O)C[C@H]21. The minimum Gasteiger partial charge on any atom is -0.337 e. The fourth-order valence-electron chi connectivity index (χ4n) is 3.72. The topological polar surface area (TPSA) is 58.4 Å². The van der Waals surface area contributed by atoms with E-state index >= 15 is 0 Å². The molecule has 0 bridgehead atoms. The van der Waals surface area contributed by atoms with E-state index < -0.39 is 9.84 Å². The molecule has 3 heterocycles. The van der Waals surface area contributed by atoms with Gasteiger partial charge in [0.1, 0.15) is 5.82 Å². The summed E-state index contributed by atoms with van der Waals surface area (Å²) in [4.78, 5) is 9.08. The number of rotatable bonds is 4. The van der Waals surface area contributed by atoms with E-state index in [1.807, 2.05) is 17.8 Å². The van der Waals surface area contributed by atoms with Crippen molar-refractivity contribution in [2.45, 2.75) is 32.5 Å². The van der Waals surface area contributed by atoms with Gasteiger partial charge in [0, 0.05) is 51.2 Å². The van der Waals surface area contributed by atoms with Crippen molar-refractivity contribution in [2.24, 2.45) is 13.0 Å². The molecule has 0 amide bonds. The molecule has 0 N–H and O–H groups in total. The van der Waals surface area contributed by atoms with Crippen LogP contribution < -0.4 is 0 Å². The zero-order valence-corrected chi connectivity index (χ0v) is 14.5. The van der Waals surface area contributed by atoms with Gasteiger partial charge in [0.05, 0.1) is 18.1 Å². The highest BCUT2D eigenvalue weighted by Gasteiger charge is 2.46. The molecule has 2 atom stereocenters. The summed E-state index contributed by atoms with van der Waals surface area (Å²) in [6, 6.07) is 0.246. The number of hydrogen-bond donors (Lipinski definition) is 0. The molecule has 0 spiro atoms. The summed E-state index contributed by atoms with van der Waals surface area (Å²) in [6.45, 7) is 7.95. The molecule has 0 radical (unpaired) electrons. The molecule has 0 aromatic carbocycles. The Hall–Kier alpha value is -0.920. The van der Waals surface area contributed by atoms with Gasteiger partial charge in [-0.3, -0.25) is 9.80 Å². The van der Waals surface area contributed by atoms with Gasteiger partial charge >= 0.3 is 0 Å². The summed E-state index contributed by atoms with van der Waals surface area (Å²) in [5, 5.41) is 0. The molecule has 1 aromatic heterocycles. The monoisotopic (exact) mass is 326 g/mol. The third kappa shape index (κ3) is 3.21. The molecular weight excluding hydrogens is 300 g/mol. The molecule has 2 aliphatic heterocycles. The van der Waals surface area contributed by atoms with Crippen molar-refractivity contribution in [3.05, 3.63) is 18.2 Å². The minimum atomic E-state index is -2.93. The standard InChI is InChI=1S/C15H26N4O2S/c1-12(2)8-18-6-7-19(9-15-16-4-5-17(15)3)14-11-22(20,21)10-13(14)18/h4-5,12-14H,6-11H2,1-3H3/t13-,14+/m1/s1. The van der Waals surface area contributed by atoms with Crippen LogP contribution in [0.2, 0.25) is 0 Å². The Labute approximate surface area is 133 Å². The number of nitrogens with zero attached hydrogens (tertiary/aromatic N) is 4. The highest BCUT2D eigenvalue weighted by atomic mass is 32.2. The van der Waals surface area contributed by atoms with Crippen molar-refractivity contribution in [3.8, 4) is 0 Å². The van der Waals surface area contributed by atoms with Crippen LogP contribution in [0.3, 0.4) is 0 Å². The van der Waals surface area contributed by atoms with Gasteiger partial charge < -0.3 is 4.57 Å². The summed E-state index contributed by atoms with van der Waals surface area (Å²) in [6.07, 6.45) is 3.74. The first-order chi connectivity index (χ1) is 10.4. The highest BCUT2D eigenvalue weighted by molar-refractivity contribution is 7.91. The number of piperazine rings is 1. The smallest absolute Gasteiger partial charge is 0.153 e. The van der Waals surface area contributed by atoms with Crippen LogP contribution in [0.25, 0.3) is 0 Å². The van der Waals surface area contributed by atoms with E-state index in [1.54, 1.807) is 6.20 Å². The number of aryl methyl sites for hydroxylation is 1. The van der Waals surface area contributed by atoms with Crippen molar-refractivity contribution in [1.82, 2.24) is 19.4 Å². The number of hydrogen-bond acceptors (Lipinski definition) is 5. The van der Waals surface area contributed by atoms with Gasteiger partial charge in [-0.1, -0.05) is 13.8 Å². The fourth-order valence-corrected chi connectivity index (χ4v) is 5.76. The lowest BCUT2D eigenvalue weighted by Gasteiger charge is -2.44. The second-order valence-electron chi connectivity index (χ2n) is 7.03. The molecule has 1 aromatic rings. The van der Waals surface area contributed by atoms with Gasteiger partial charge in [0.15, 0.2) is 9.84 Å². The zero-order valence-electron chi connectivity index (χ0n) is 13.6. The summed E-state index contributed by atoms with van der Waals surface area (Å²) >= 11 is 0. The molecule has 7 heteroatoms. The fraction of sp³-hybridized carbons (Fsp3) is 0.800. The lowest BCUT2D eigenvalue weighted by atomic mass is 10.0. The van der Waals surface area contributed by atoms with Crippen LogP contribution in [0.1, 0.15) is 19.7 Å². The molecule has 0 unspecified atom stereocenters. The Morgan fingerprint density at radius 1 is 1.23 bits per heavy atom. The summed E-state index contributed by atoms with van der Waals surface area (Å²) in [5.74, 6) is 2.16. The Bertz CT molecular complexity index is 625. The van der Waals surface area contributed by atoms with Crippen LogP contribution in [0.4, 0.5) is 0 Å². The maximum Gasteiger partial charge on any atom is 0.153 e. The molecule has 22 heavy (non-hydrogen) atoms. The van der Waals surface area contributed by atoms with Crippen LogP contribution >= 0.6 is 0 Å². The average molecular weight is 326 g/mol. The van der Waals surface area contributed by atoms with Gasteiger partial charge in [-0.25, -0.2) is 13.4 Å². The average Bonchev–Trinajstić information content (AvgIpc) is 2.95. The summed E-state index contributed by atoms with van der Waals surface area (Å²) < 4.78 is 26.4. The van der Waals surface area contributed by atoms with Crippen LogP contribution in [-0.4, -0.2) is 71.0 Å². The van der Waals surface area contributed by atoms with E-state index in [2.05, 4.69) is 28.6 Å². The van der Waals surface area contributed by atoms with Gasteiger partial charge in [-0.15, -0.1) is 0 Å². The molecule has 0 saturated carbocycles. The van der Waals surface area contributed by atoms with E-state index in [9.17, 15) is 8.42 Å². The molecule has 3 rings (SSSR count). The Morgan fingerprint density at radius 2 is 1.86 bits per heavy atom. The summed E-state index contributed by atoms with van der Waals surface area (Å²) in [5.41, 5.74) is 0. The number of aromatic nitrogens is 2. The summed E-state index contributed by atoms with van der Waals surface area (Å²) in [7, 11) is -0.944. The molecule has 2 aliphatic rings. The van der Waals surface area contributed by atoms with Gasteiger partial charge in [0.25, 0.3) is 0 Å². The normalized spacial score (nSPS) is 29.1. The largest absolute Gasteiger partial charge is 0.337 e. The van der Waals surface area contributed by atoms with Gasteiger partial charge in [-0.05, 0) is 5.92 Å². The molecular formula is C15H26N4O2S. The number of fused-ring (bicyclic) bond motifs is 1. The van der Waals surface area contributed by atoms with Crippen molar-refractivity contribution in [2.75, 3.05) is 31.1 Å². The van der Waals surface area contributed by atoms with Gasteiger partial charge in [0.2, 0.25) is 0 Å². The van der Waals surface area contributed by atoms with Crippen LogP contribution in [-0.2, 0) is 23.4 Å². The Balaban J connectivity index is 1.79. The van der Waals surface area contributed by atoms with Gasteiger partial charge in [-0.2, -0.15) is 0 Å². The maximum atomic E-state index is 12.2. The van der Waals surface area contributed by atoms with E-state index in [0.717, 1.165) is 32.0 Å². The number of sulfone groups is 1. The van der Waals surface area contributed by atoms with Crippen LogP contribution in [0.15, 0.2) is 12.4 Å². The first-order valence-corrected chi connectivity index (χ1v) is 9.82. The Kier molecular flexibility index (Phi) is 4.31. The van der Waals surface area contributed by atoms with Crippen molar-refractivity contribution in [3.63, 3.8) is 0 Å². The lowest BCUT2D eigenvalue weighted by molar-refractivity contribution is 0.0318. The first-order valence-electron chi connectivity index (χ1n) is 8.00. The quantitative estimate of drug-likeness (QED) is 0.800. The second-order valence-corrected chi connectivity index (χ2v) is 9.18. The highest BCUT2D eigenvalue weighted by Crippen LogP contribution is 2.28. The van der Waals surface area contributed by atoms with Crippen LogP contribution in [0, 0.1) is 5.92 Å². The third-order valence-electron chi connectivity index (χ3n) is 4.77. The minimum absolute atomic E-state index is 0.106. The lowest BCUT2D eigenvalue weighted by Crippen LogP contribution is -2.59. The zero-order chi connectivity index (χ0) is 15.9. The van der Waals surface area contributed by atoms with Crippen molar-refractivity contribution >= 4 is 9.84 Å². The predicted octanol–water partition coefficient (Wildman–Crippen LogP) is 0.359. The molecule has 0 aliphatic carbocycles. The molecule has 2 fully saturated rings.